The summed E-state index contributed by atoms with van der Waals surface area (Å²) in [5.74, 6) is 0.782. The largest absolute Gasteiger partial charge is 0.484 e. The van der Waals surface area contributed by atoms with E-state index in [0.717, 1.165) is 18.4 Å². The number of piperidine rings is 1. The number of nitrogens with zero attached hydrogens (tertiary/aromatic N) is 1. The minimum Gasteiger partial charge on any atom is -0.484 e. The minimum absolute atomic E-state index is 0.133. The molecule has 0 aliphatic carbocycles. The van der Waals surface area contributed by atoms with Crippen molar-refractivity contribution in [3.63, 3.8) is 0 Å². The van der Waals surface area contributed by atoms with Gasteiger partial charge in [0.15, 0.2) is 6.61 Å². The van der Waals surface area contributed by atoms with Gasteiger partial charge in [-0.1, -0.05) is 19.1 Å². The molecule has 1 aliphatic rings. The van der Waals surface area contributed by atoms with Crippen LogP contribution >= 0.6 is 11.8 Å². The normalized spacial score (nSPS) is 16.6. The number of ether oxygens (including phenoxy) is 1. The second-order valence-corrected chi connectivity index (χ2v) is 10.7. The highest BCUT2D eigenvalue weighted by atomic mass is 32.2. The Bertz CT molecular complexity index is 968. The molecule has 31 heavy (non-hydrogen) atoms. The van der Waals surface area contributed by atoms with Gasteiger partial charge in [-0.15, -0.1) is 11.8 Å². The van der Waals surface area contributed by atoms with Crippen molar-refractivity contribution in [3.05, 3.63) is 54.1 Å². The average molecular weight is 463 g/mol. The van der Waals surface area contributed by atoms with Crippen LogP contribution < -0.4 is 10.1 Å². The van der Waals surface area contributed by atoms with E-state index in [2.05, 4.69) is 12.2 Å². The quantitative estimate of drug-likeness (QED) is 0.598. The molecular formula is C23H30N2O4S2. The van der Waals surface area contributed by atoms with E-state index >= 15 is 0 Å². The molecule has 0 aromatic heterocycles. The summed E-state index contributed by atoms with van der Waals surface area (Å²) in [6, 6.07) is 14.2. The van der Waals surface area contributed by atoms with Gasteiger partial charge in [0.1, 0.15) is 5.75 Å². The minimum atomic E-state index is -3.49. The Hall–Kier alpha value is -2.03. The van der Waals surface area contributed by atoms with E-state index in [1.54, 1.807) is 28.2 Å². The molecule has 2 aromatic rings. The zero-order valence-corrected chi connectivity index (χ0v) is 19.8. The lowest BCUT2D eigenvalue weighted by Crippen LogP contribution is -2.37. The summed E-state index contributed by atoms with van der Waals surface area (Å²) in [7, 11) is -3.49. The number of thioether (sulfide) groups is 1. The third-order valence-electron chi connectivity index (χ3n) is 5.57. The van der Waals surface area contributed by atoms with Gasteiger partial charge in [-0.3, -0.25) is 4.79 Å². The van der Waals surface area contributed by atoms with Crippen LogP contribution in [0.4, 0.5) is 0 Å². The van der Waals surface area contributed by atoms with Crippen molar-refractivity contribution in [2.75, 3.05) is 26.0 Å². The highest BCUT2D eigenvalue weighted by Gasteiger charge is 2.27. The first-order chi connectivity index (χ1) is 14.8. The molecule has 0 unspecified atom stereocenters. The Morgan fingerprint density at radius 1 is 1.13 bits per heavy atom. The van der Waals surface area contributed by atoms with Crippen molar-refractivity contribution in [2.24, 2.45) is 5.92 Å². The summed E-state index contributed by atoms with van der Waals surface area (Å²) < 4.78 is 32.7. The monoisotopic (exact) mass is 462 g/mol. The van der Waals surface area contributed by atoms with E-state index in [0.29, 0.717) is 24.8 Å². The maximum atomic E-state index is 12.8. The van der Waals surface area contributed by atoms with Crippen LogP contribution in [0, 0.1) is 5.92 Å². The first-order valence-electron chi connectivity index (χ1n) is 10.5. The molecule has 1 saturated heterocycles. The molecule has 168 valence electrons. The summed E-state index contributed by atoms with van der Waals surface area (Å²) in [5, 5.41) is 2.91. The molecule has 1 atom stereocenters. The van der Waals surface area contributed by atoms with E-state index < -0.39 is 10.0 Å². The third-order valence-corrected chi connectivity index (χ3v) is 8.22. The number of carbonyl (C=O) groups is 1. The van der Waals surface area contributed by atoms with Crippen molar-refractivity contribution >= 4 is 27.7 Å². The Labute approximate surface area is 189 Å². The number of carbonyl (C=O) groups excluding carboxylic acids is 1. The SMILES string of the molecule is CSc1ccc([C@@H](C)NC(=O)COc2ccc(S(=O)(=O)N3CCC(C)CC3)cc2)cc1. The van der Waals surface area contributed by atoms with Crippen molar-refractivity contribution in [2.45, 2.75) is 42.5 Å². The first-order valence-corrected chi connectivity index (χ1v) is 13.1. The van der Waals surface area contributed by atoms with Gasteiger partial charge in [0.05, 0.1) is 10.9 Å². The maximum Gasteiger partial charge on any atom is 0.258 e. The van der Waals surface area contributed by atoms with Crippen LogP contribution in [-0.2, 0) is 14.8 Å². The standard InChI is InChI=1S/C23H30N2O4S2/c1-17-12-14-25(15-13-17)31(27,28)22-10-6-20(7-11-22)29-16-23(26)24-18(2)19-4-8-21(30-3)9-5-19/h4-11,17-18H,12-16H2,1-3H3,(H,24,26)/t18-/m1/s1. The van der Waals surface area contributed by atoms with Crippen LogP contribution in [-0.4, -0.2) is 44.6 Å². The van der Waals surface area contributed by atoms with E-state index in [4.69, 9.17) is 4.74 Å². The molecule has 1 fully saturated rings. The lowest BCUT2D eigenvalue weighted by molar-refractivity contribution is -0.123. The van der Waals surface area contributed by atoms with E-state index in [1.165, 1.54) is 17.0 Å². The molecule has 1 heterocycles. The Morgan fingerprint density at radius 2 is 1.74 bits per heavy atom. The molecule has 6 nitrogen and oxygen atoms in total. The van der Waals surface area contributed by atoms with Crippen LogP contribution in [0.5, 0.6) is 5.75 Å². The number of sulfonamides is 1. The van der Waals surface area contributed by atoms with E-state index in [9.17, 15) is 13.2 Å². The Kier molecular flexibility index (Phi) is 8.02. The maximum absolute atomic E-state index is 12.8. The number of benzene rings is 2. The number of rotatable bonds is 8. The van der Waals surface area contributed by atoms with Crippen LogP contribution in [0.3, 0.4) is 0 Å². The molecular weight excluding hydrogens is 432 g/mol. The van der Waals surface area contributed by atoms with Gasteiger partial charge in [-0.2, -0.15) is 4.31 Å². The third kappa shape index (κ3) is 6.24. The fourth-order valence-corrected chi connectivity index (χ4v) is 5.37. The summed E-state index contributed by atoms with van der Waals surface area (Å²) >= 11 is 1.67. The fourth-order valence-electron chi connectivity index (χ4n) is 3.49. The summed E-state index contributed by atoms with van der Waals surface area (Å²) in [5.41, 5.74) is 1.02. The molecule has 3 rings (SSSR count). The van der Waals surface area contributed by atoms with Gasteiger partial charge in [0.2, 0.25) is 10.0 Å². The molecule has 0 saturated carbocycles. The molecule has 1 amide bonds. The van der Waals surface area contributed by atoms with Crippen molar-refractivity contribution in [3.8, 4) is 5.75 Å². The van der Waals surface area contributed by atoms with Crippen LogP contribution in [0.25, 0.3) is 0 Å². The average Bonchev–Trinajstić information content (AvgIpc) is 2.78. The van der Waals surface area contributed by atoms with Gasteiger partial charge < -0.3 is 10.1 Å². The zero-order chi connectivity index (χ0) is 22.4. The molecule has 1 aliphatic heterocycles. The molecule has 0 radical (unpaired) electrons. The van der Waals surface area contributed by atoms with Crippen molar-refractivity contribution in [1.29, 1.82) is 0 Å². The van der Waals surface area contributed by atoms with E-state index in [1.807, 2.05) is 37.4 Å². The predicted molar refractivity (Wildman–Crippen MR) is 124 cm³/mol. The Balaban J connectivity index is 1.52. The number of amides is 1. The highest BCUT2D eigenvalue weighted by Crippen LogP contribution is 2.25. The van der Waals surface area contributed by atoms with Crippen molar-refractivity contribution in [1.82, 2.24) is 9.62 Å². The van der Waals surface area contributed by atoms with Gasteiger partial charge in [0, 0.05) is 18.0 Å². The predicted octanol–water partition coefficient (Wildman–Crippen LogP) is 4.09. The second kappa shape index (κ2) is 10.5. The van der Waals surface area contributed by atoms with Gasteiger partial charge in [-0.25, -0.2) is 8.42 Å². The molecule has 8 heteroatoms. The van der Waals surface area contributed by atoms with E-state index in [-0.39, 0.29) is 23.5 Å². The van der Waals surface area contributed by atoms with Gasteiger partial charge in [0.25, 0.3) is 5.91 Å². The Morgan fingerprint density at radius 3 is 2.32 bits per heavy atom. The lowest BCUT2D eigenvalue weighted by Gasteiger charge is -2.29. The molecule has 1 N–H and O–H groups in total. The highest BCUT2D eigenvalue weighted by molar-refractivity contribution is 7.98. The fraction of sp³-hybridized carbons (Fsp3) is 0.435. The van der Waals surface area contributed by atoms with Crippen LogP contribution in [0.1, 0.15) is 38.3 Å². The number of hydrogen-bond acceptors (Lipinski definition) is 5. The smallest absolute Gasteiger partial charge is 0.258 e. The molecule has 0 bridgehead atoms. The number of nitrogens with one attached hydrogen (secondary N) is 1. The lowest BCUT2D eigenvalue weighted by atomic mass is 10.0. The van der Waals surface area contributed by atoms with Crippen molar-refractivity contribution < 1.29 is 17.9 Å². The number of hydrogen-bond donors (Lipinski definition) is 1. The van der Waals surface area contributed by atoms with Crippen LogP contribution in [0.15, 0.2) is 58.3 Å². The summed E-state index contributed by atoms with van der Waals surface area (Å²) in [4.78, 5) is 13.7. The molecule has 2 aromatic carbocycles. The molecule has 0 spiro atoms. The first kappa shape index (κ1) is 23.6. The second-order valence-electron chi connectivity index (χ2n) is 7.91. The zero-order valence-electron chi connectivity index (χ0n) is 18.2. The topological polar surface area (TPSA) is 75.7 Å². The summed E-state index contributed by atoms with van der Waals surface area (Å²) in [6.45, 7) is 5.05. The van der Waals surface area contributed by atoms with Gasteiger partial charge >= 0.3 is 0 Å². The van der Waals surface area contributed by atoms with Gasteiger partial charge in [-0.05, 0) is 73.9 Å². The summed E-state index contributed by atoms with van der Waals surface area (Å²) in [6.07, 6.45) is 3.79. The van der Waals surface area contributed by atoms with Crippen LogP contribution in [0.2, 0.25) is 0 Å².